The molecule has 0 aliphatic rings. The van der Waals surface area contributed by atoms with Gasteiger partial charge in [-0.2, -0.15) is 0 Å². The molecule has 0 aromatic heterocycles. The number of rotatable bonds is 7. The van der Waals surface area contributed by atoms with Gasteiger partial charge in [-0.1, -0.05) is 42.5 Å². The van der Waals surface area contributed by atoms with Crippen molar-refractivity contribution >= 4 is 23.7 Å². The SMILES string of the molecule is O=C(Nc1ccccc1)OCc1cccc(CC(C(=O)O)C(=O)O)c1. The molecule has 0 fully saturated rings. The summed E-state index contributed by atoms with van der Waals surface area (Å²) in [6.45, 7) is -0.0166. The van der Waals surface area contributed by atoms with Crippen LogP contribution in [0.1, 0.15) is 11.1 Å². The highest BCUT2D eigenvalue weighted by Crippen LogP contribution is 2.13. The molecular formula is C18H17NO6. The molecule has 0 saturated carbocycles. The summed E-state index contributed by atoms with van der Waals surface area (Å²) in [5.74, 6) is -4.30. The fourth-order valence-corrected chi connectivity index (χ4v) is 2.19. The Morgan fingerprint density at radius 2 is 1.56 bits per heavy atom. The quantitative estimate of drug-likeness (QED) is 0.666. The minimum absolute atomic E-state index is 0.0166. The highest BCUT2D eigenvalue weighted by atomic mass is 16.5. The van der Waals surface area contributed by atoms with Crippen molar-refractivity contribution in [3.63, 3.8) is 0 Å². The molecule has 25 heavy (non-hydrogen) atoms. The van der Waals surface area contributed by atoms with Crippen LogP contribution in [-0.2, 0) is 27.4 Å². The Labute approximate surface area is 143 Å². The number of aliphatic carboxylic acids is 2. The number of carboxylic acid groups (broad SMARTS) is 2. The first kappa shape index (κ1) is 18.0. The van der Waals surface area contributed by atoms with Crippen LogP contribution in [0.3, 0.4) is 0 Å². The van der Waals surface area contributed by atoms with E-state index in [2.05, 4.69) is 5.32 Å². The van der Waals surface area contributed by atoms with Crippen LogP contribution in [-0.4, -0.2) is 28.2 Å². The maximum absolute atomic E-state index is 11.7. The van der Waals surface area contributed by atoms with E-state index in [-0.39, 0.29) is 13.0 Å². The second-order valence-electron chi connectivity index (χ2n) is 5.32. The van der Waals surface area contributed by atoms with Crippen molar-refractivity contribution in [1.29, 1.82) is 0 Å². The molecule has 0 saturated heterocycles. The summed E-state index contributed by atoms with van der Waals surface area (Å²) in [6, 6.07) is 15.4. The van der Waals surface area contributed by atoms with E-state index < -0.39 is 23.9 Å². The molecule has 7 nitrogen and oxygen atoms in total. The molecule has 0 bridgehead atoms. The van der Waals surface area contributed by atoms with Crippen LogP contribution in [0.25, 0.3) is 0 Å². The predicted octanol–water partition coefficient (Wildman–Crippen LogP) is 2.76. The Morgan fingerprint density at radius 1 is 0.920 bits per heavy atom. The van der Waals surface area contributed by atoms with Crippen molar-refractivity contribution in [2.75, 3.05) is 5.32 Å². The number of carbonyl (C=O) groups is 3. The monoisotopic (exact) mass is 343 g/mol. The number of carbonyl (C=O) groups excluding carboxylic acids is 1. The summed E-state index contributed by atoms with van der Waals surface area (Å²) in [7, 11) is 0. The number of hydrogen-bond acceptors (Lipinski definition) is 4. The van der Waals surface area contributed by atoms with Crippen molar-refractivity contribution in [3.05, 3.63) is 65.7 Å². The summed E-state index contributed by atoms with van der Waals surface area (Å²) >= 11 is 0. The molecule has 0 heterocycles. The van der Waals surface area contributed by atoms with Gasteiger partial charge in [-0.05, 0) is 29.7 Å². The van der Waals surface area contributed by atoms with Crippen molar-refractivity contribution in [1.82, 2.24) is 0 Å². The molecule has 2 rings (SSSR count). The first-order valence-corrected chi connectivity index (χ1v) is 7.48. The van der Waals surface area contributed by atoms with Gasteiger partial charge < -0.3 is 14.9 Å². The van der Waals surface area contributed by atoms with Crippen LogP contribution in [0.5, 0.6) is 0 Å². The molecular weight excluding hydrogens is 326 g/mol. The van der Waals surface area contributed by atoms with Gasteiger partial charge in [0.25, 0.3) is 0 Å². The number of para-hydroxylation sites is 1. The van der Waals surface area contributed by atoms with E-state index in [9.17, 15) is 14.4 Å². The number of hydrogen-bond donors (Lipinski definition) is 3. The van der Waals surface area contributed by atoms with Crippen molar-refractivity contribution < 1.29 is 29.3 Å². The van der Waals surface area contributed by atoms with Gasteiger partial charge in [-0.15, -0.1) is 0 Å². The average Bonchev–Trinajstić information content (AvgIpc) is 2.58. The molecule has 2 aromatic rings. The Morgan fingerprint density at radius 3 is 2.20 bits per heavy atom. The first-order valence-electron chi connectivity index (χ1n) is 7.48. The number of ether oxygens (including phenoxy) is 1. The molecule has 3 N–H and O–H groups in total. The van der Waals surface area contributed by atoms with Gasteiger partial charge in [-0.25, -0.2) is 4.79 Å². The molecule has 2 aromatic carbocycles. The zero-order valence-corrected chi connectivity index (χ0v) is 13.2. The van der Waals surface area contributed by atoms with Gasteiger partial charge in [0.2, 0.25) is 0 Å². The minimum Gasteiger partial charge on any atom is -0.481 e. The Kier molecular flexibility index (Phi) is 6.11. The third-order valence-corrected chi connectivity index (χ3v) is 3.42. The lowest BCUT2D eigenvalue weighted by Crippen LogP contribution is -2.25. The molecule has 1 amide bonds. The lowest BCUT2D eigenvalue weighted by Gasteiger charge is -2.10. The van der Waals surface area contributed by atoms with E-state index in [0.717, 1.165) is 0 Å². The minimum atomic E-state index is -1.52. The van der Waals surface area contributed by atoms with E-state index in [4.69, 9.17) is 14.9 Å². The number of amides is 1. The summed E-state index contributed by atoms with van der Waals surface area (Å²) in [4.78, 5) is 33.7. The van der Waals surface area contributed by atoms with Crippen LogP contribution < -0.4 is 5.32 Å². The third-order valence-electron chi connectivity index (χ3n) is 3.42. The maximum atomic E-state index is 11.7. The van der Waals surface area contributed by atoms with E-state index in [1.807, 2.05) is 6.07 Å². The molecule has 130 valence electrons. The van der Waals surface area contributed by atoms with Crippen molar-refractivity contribution in [2.45, 2.75) is 13.0 Å². The summed E-state index contributed by atoms with van der Waals surface area (Å²) < 4.78 is 5.10. The van der Waals surface area contributed by atoms with Crippen LogP contribution in [0.2, 0.25) is 0 Å². The van der Waals surface area contributed by atoms with Gasteiger partial charge in [0.15, 0.2) is 5.92 Å². The molecule has 0 aliphatic heterocycles. The highest BCUT2D eigenvalue weighted by molar-refractivity contribution is 5.93. The standard InChI is InChI=1S/C18H17NO6/c20-16(21)15(17(22)23)10-12-5-4-6-13(9-12)11-25-18(24)19-14-7-2-1-3-8-14/h1-9,15H,10-11H2,(H,19,24)(H,20,21)(H,22,23). The van der Waals surface area contributed by atoms with Gasteiger partial charge in [0.05, 0.1) is 0 Å². The van der Waals surface area contributed by atoms with E-state index in [1.165, 1.54) is 0 Å². The molecule has 0 radical (unpaired) electrons. The Balaban J connectivity index is 1.93. The molecule has 0 unspecified atom stereocenters. The zero-order valence-electron chi connectivity index (χ0n) is 13.2. The highest BCUT2D eigenvalue weighted by Gasteiger charge is 2.25. The summed E-state index contributed by atoms with van der Waals surface area (Å²) in [5, 5.41) is 20.4. The number of carboxylic acids is 2. The third kappa shape index (κ3) is 5.65. The van der Waals surface area contributed by atoms with Crippen LogP contribution in [0.4, 0.5) is 10.5 Å². The Hall–Kier alpha value is -3.35. The number of anilines is 1. The van der Waals surface area contributed by atoms with E-state index in [0.29, 0.717) is 16.8 Å². The number of benzene rings is 2. The van der Waals surface area contributed by atoms with Crippen LogP contribution >= 0.6 is 0 Å². The second kappa shape index (κ2) is 8.49. The van der Waals surface area contributed by atoms with Crippen molar-refractivity contribution in [3.8, 4) is 0 Å². The van der Waals surface area contributed by atoms with Crippen molar-refractivity contribution in [2.24, 2.45) is 5.92 Å². The fourth-order valence-electron chi connectivity index (χ4n) is 2.19. The summed E-state index contributed by atoms with van der Waals surface area (Å²) in [5.41, 5.74) is 1.78. The fraction of sp³-hybridized carbons (Fsp3) is 0.167. The lowest BCUT2D eigenvalue weighted by molar-refractivity contribution is -0.154. The van der Waals surface area contributed by atoms with Gasteiger partial charge in [0, 0.05) is 5.69 Å². The lowest BCUT2D eigenvalue weighted by atomic mass is 9.98. The number of nitrogens with one attached hydrogen (secondary N) is 1. The Bertz CT molecular complexity index is 745. The average molecular weight is 343 g/mol. The maximum Gasteiger partial charge on any atom is 0.411 e. The molecule has 0 atom stereocenters. The summed E-state index contributed by atoms with van der Waals surface area (Å²) in [6.07, 6.45) is -0.764. The zero-order chi connectivity index (χ0) is 18.2. The normalized spacial score (nSPS) is 10.3. The van der Waals surface area contributed by atoms with Crippen LogP contribution in [0, 0.1) is 5.92 Å². The van der Waals surface area contributed by atoms with Gasteiger partial charge in [-0.3, -0.25) is 14.9 Å². The van der Waals surface area contributed by atoms with E-state index >= 15 is 0 Å². The van der Waals surface area contributed by atoms with E-state index in [1.54, 1.807) is 48.5 Å². The molecule has 7 heteroatoms. The second-order valence-corrected chi connectivity index (χ2v) is 5.32. The molecule has 0 aliphatic carbocycles. The molecule has 0 spiro atoms. The predicted molar refractivity (Wildman–Crippen MR) is 89.2 cm³/mol. The van der Waals surface area contributed by atoms with Gasteiger partial charge >= 0.3 is 18.0 Å². The van der Waals surface area contributed by atoms with Crippen LogP contribution in [0.15, 0.2) is 54.6 Å². The smallest absolute Gasteiger partial charge is 0.411 e. The first-order chi connectivity index (χ1) is 12.0. The topological polar surface area (TPSA) is 113 Å². The van der Waals surface area contributed by atoms with Gasteiger partial charge in [0.1, 0.15) is 6.61 Å². The largest absolute Gasteiger partial charge is 0.481 e.